The summed E-state index contributed by atoms with van der Waals surface area (Å²) in [5.41, 5.74) is 3.35. The van der Waals surface area contributed by atoms with Crippen LogP contribution in [0, 0.1) is 23.7 Å². The number of aromatic nitrogens is 2. The molecule has 5 rings (SSSR count). The van der Waals surface area contributed by atoms with Crippen LogP contribution >= 0.6 is 0 Å². The maximum absolute atomic E-state index is 13.8. The summed E-state index contributed by atoms with van der Waals surface area (Å²) in [6.45, 7) is 1.01. The van der Waals surface area contributed by atoms with Crippen LogP contribution in [-0.2, 0) is 19.4 Å². The maximum atomic E-state index is 13.8. The molecule has 0 bridgehead atoms. The van der Waals surface area contributed by atoms with Crippen LogP contribution in [0.15, 0.2) is 35.5 Å². The molecule has 0 spiro atoms. The molecule has 1 saturated heterocycles. The zero-order valence-electron chi connectivity index (χ0n) is 20.8. The summed E-state index contributed by atoms with van der Waals surface area (Å²) < 4.78 is 68.8. The number of hydrogen-bond acceptors (Lipinski definition) is 8. The molecule has 206 valence electrons. The van der Waals surface area contributed by atoms with Gasteiger partial charge in [0.2, 0.25) is 17.8 Å². The predicted octanol–water partition coefficient (Wildman–Crippen LogP) is 2.29. The molecule has 1 aliphatic heterocycles. The number of nitrogens with two attached hydrogens (primary N) is 1. The molecular formula is C25H25F3N6O4S. The van der Waals surface area contributed by atoms with Crippen molar-refractivity contribution >= 4 is 27.6 Å². The van der Waals surface area contributed by atoms with Crippen LogP contribution in [0.25, 0.3) is 11.1 Å². The number of carbonyl (C=O) groups excluding carboxylic acids is 2. The number of nitrogens with one attached hydrogen (secondary N) is 1. The fourth-order valence-electron chi connectivity index (χ4n) is 5.04. The first kappa shape index (κ1) is 26.9. The Hall–Kier alpha value is -3.73. The molecule has 2 saturated carbocycles. The number of sulfone groups is 1. The minimum atomic E-state index is -4.83. The number of carbonyl (C=O) groups is 2. The van der Waals surface area contributed by atoms with E-state index in [1.54, 1.807) is 19.1 Å². The maximum Gasteiger partial charge on any atom is 0.403 e. The number of alkyl halides is 3. The van der Waals surface area contributed by atoms with Gasteiger partial charge >= 0.3 is 6.18 Å². The topological polar surface area (TPSA) is 159 Å². The van der Waals surface area contributed by atoms with Crippen LogP contribution < -0.4 is 11.1 Å². The van der Waals surface area contributed by atoms with Gasteiger partial charge in [0.1, 0.15) is 17.0 Å². The average Bonchev–Trinajstić information content (AvgIpc) is 3.80. The zero-order valence-corrected chi connectivity index (χ0v) is 21.6. The van der Waals surface area contributed by atoms with Gasteiger partial charge in [-0.1, -0.05) is 12.1 Å². The molecule has 2 aliphatic carbocycles. The van der Waals surface area contributed by atoms with Gasteiger partial charge < -0.3 is 16.0 Å². The van der Waals surface area contributed by atoms with E-state index in [1.165, 1.54) is 18.5 Å². The first-order chi connectivity index (χ1) is 18.2. The molecule has 1 aromatic heterocycles. The van der Waals surface area contributed by atoms with Crippen molar-refractivity contribution in [2.24, 2.45) is 5.41 Å². The summed E-state index contributed by atoms with van der Waals surface area (Å²) in [6, 6.07) is 5.05. The molecule has 39 heavy (non-hydrogen) atoms. The monoisotopic (exact) mass is 562 g/mol. The number of likely N-dealkylation sites (tertiary alicyclic amines) is 1. The Bertz CT molecular complexity index is 1500. The number of hydrogen-bond donors (Lipinski definition) is 2. The number of nitriles is 1. The quantitative estimate of drug-likeness (QED) is 0.543. The molecule has 0 unspecified atom stereocenters. The van der Waals surface area contributed by atoms with E-state index in [4.69, 9.17) is 5.73 Å². The molecule has 0 radical (unpaired) electrons. The number of halogens is 3. The largest absolute Gasteiger partial charge is 0.403 e. The summed E-state index contributed by atoms with van der Waals surface area (Å²) in [4.78, 5) is 34.8. The minimum absolute atomic E-state index is 0.0614. The lowest BCUT2D eigenvalue weighted by atomic mass is 10.0. The van der Waals surface area contributed by atoms with Gasteiger partial charge in [0.25, 0.3) is 0 Å². The van der Waals surface area contributed by atoms with Gasteiger partial charge in [-0.2, -0.15) is 18.4 Å². The highest BCUT2D eigenvalue weighted by atomic mass is 32.2. The van der Waals surface area contributed by atoms with Crippen molar-refractivity contribution < 1.29 is 31.2 Å². The highest BCUT2D eigenvalue weighted by molar-refractivity contribution is 7.92. The van der Waals surface area contributed by atoms with E-state index >= 15 is 0 Å². The first-order valence-electron chi connectivity index (χ1n) is 12.3. The Labute approximate surface area is 222 Å². The van der Waals surface area contributed by atoms with Crippen molar-refractivity contribution in [3.05, 3.63) is 36.2 Å². The SMILES string of the molecule is Cc1cc(-c2cnc(N)nc2)ccc1S(=O)(=O)[C@@H]1C[C@@H](C(=O)NC2(C#N)CC2)N(C(=O)C2(C(F)(F)F)CC2)C1. The van der Waals surface area contributed by atoms with Crippen molar-refractivity contribution in [1.82, 2.24) is 20.2 Å². The summed E-state index contributed by atoms with van der Waals surface area (Å²) in [5, 5.41) is 10.5. The second kappa shape index (κ2) is 8.90. The molecular weight excluding hydrogens is 537 g/mol. The number of amides is 2. The lowest BCUT2D eigenvalue weighted by Gasteiger charge is -2.29. The summed E-state index contributed by atoms with van der Waals surface area (Å²) in [5.74, 6) is -2.05. The number of aryl methyl sites for hydroxylation is 1. The molecule has 2 aromatic rings. The van der Waals surface area contributed by atoms with E-state index in [2.05, 4.69) is 15.3 Å². The van der Waals surface area contributed by atoms with E-state index < -0.39 is 69.5 Å². The Balaban J connectivity index is 1.45. The van der Waals surface area contributed by atoms with Gasteiger partial charge in [0.15, 0.2) is 9.84 Å². The molecule has 2 atom stereocenters. The van der Waals surface area contributed by atoms with Gasteiger partial charge in [-0.3, -0.25) is 9.59 Å². The molecule has 14 heteroatoms. The number of nitrogen functional groups attached to an aromatic ring is 1. The molecule has 2 heterocycles. The second-order valence-corrected chi connectivity index (χ2v) is 12.6. The van der Waals surface area contributed by atoms with Crippen molar-refractivity contribution in [3.8, 4) is 17.2 Å². The molecule has 10 nitrogen and oxygen atoms in total. The lowest BCUT2D eigenvalue weighted by molar-refractivity contribution is -0.199. The first-order valence-corrected chi connectivity index (χ1v) is 13.8. The molecule has 3 aliphatic rings. The van der Waals surface area contributed by atoms with Crippen molar-refractivity contribution in [3.63, 3.8) is 0 Å². The van der Waals surface area contributed by atoms with E-state index in [9.17, 15) is 36.4 Å². The van der Waals surface area contributed by atoms with E-state index in [0.29, 0.717) is 29.5 Å². The van der Waals surface area contributed by atoms with Crippen LogP contribution in [0.5, 0.6) is 0 Å². The third kappa shape index (κ3) is 4.58. The van der Waals surface area contributed by atoms with Gasteiger partial charge in [-0.05, 0) is 56.2 Å². The van der Waals surface area contributed by atoms with Crippen molar-refractivity contribution in [1.29, 1.82) is 5.26 Å². The molecule has 3 fully saturated rings. The highest BCUT2D eigenvalue weighted by Gasteiger charge is 2.70. The predicted molar refractivity (Wildman–Crippen MR) is 131 cm³/mol. The van der Waals surface area contributed by atoms with Crippen molar-refractivity contribution in [2.45, 2.75) is 66.9 Å². The average molecular weight is 563 g/mol. The summed E-state index contributed by atoms with van der Waals surface area (Å²) in [6.07, 6.45) is -2.35. The number of benzene rings is 1. The number of anilines is 1. The van der Waals surface area contributed by atoms with Crippen LogP contribution in [0.1, 0.15) is 37.7 Å². The van der Waals surface area contributed by atoms with Gasteiger partial charge in [0.05, 0.1) is 16.2 Å². The number of nitrogens with zero attached hydrogens (tertiary/aromatic N) is 4. The van der Waals surface area contributed by atoms with Crippen LogP contribution in [-0.4, -0.2) is 64.7 Å². The van der Waals surface area contributed by atoms with E-state index in [-0.39, 0.29) is 17.3 Å². The fraction of sp³-hybridized carbons (Fsp3) is 0.480. The summed E-state index contributed by atoms with van der Waals surface area (Å²) in [7, 11) is -4.17. The zero-order chi connectivity index (χ0) is 28.4. The Morgan fingerprint density at radius 1 is 1.15 bits per heavy atom. The summed E-state index contributed by atoms with van der Waals surface area (Å²) >= 11 is 0. The highest BCUT2D eigenvalue weighted by Crippen LogP contribution is 2.59. The van der Waals surface area contributed by atoms with Gasteiger partial charge in [0, 0.05) is 24.5 Å². The Morgan fingerprint density at radius 2 is 1.79 bits per heavy atom. The van der Waals surface area contributed by atoms with Crippen LogP contribution in [0.2, 0.25) is 0 Å². The smallest absolute Gasteiger partial charge is 0.368 e. The second-order valence-electron chi connectivity index (χ2n) is 10.4. The lowest BCUT2D eigenvalue weighted by Crippen LogP contribution is -2.53. The van der Waals surface area contributed by atoms with Crippen molar-refractivity contribution in [2.75, 3.05) is 12.3 Å². The van der Waals surface area contributed by atoms with E-state index in [0.717, 1.165) is 4.90 Å². The molecule has 2 amide bonds. The van der Waals surface area contributed by atoms with Gasteiger partial charge in [-0.15, -0.1) is 0 Å². The van der Waals surface area contributed by atoms with Gasteiger partial charge in [-0.25, -0.2) is 18.4 Å². The standard InChI is InChI=1S/C25H25F3N6O4S/c1-14-8-15(16-10-31-22(30)32-11-16)2-3-19(14)39(37,38)17-9-18(20(35)33-23(13-29)4-5-23)34(12-17)21(36)24(6-7-24)25(26,27)28/h2-3,8,10-11,17-18H,4-7,9,12H2,1H3,(H,33,35)(H2,30,31,32)/t17-,18+/m1/s1. The molecule has 3 N–H and O–H groups in total. The Kier molecular flexibility index (Phi) is 6.13. The normalized spacial score (nSPS) is 23.1. The fourth-order valence-corrected chi connectivity index (χ4v) is 6.95. The molecule has 1 aromatic carbocycles. The third-order valence-electron chi connectivity index (χ3n) is 7.78. The Morgan fingerprint density at radius 3 is 2.31 bits per heavy atom. The minimum Gasteiger partial charge on any atom is -0.368 e. The van der Waals surface area contributed by atoms with E-state index in [1.807, 2.05) is 6.07 Å². The third-order valence-corrected chi connectivity index (χ3v) is 10.1. The van der Waals surface area contributed by atoms with Crippen LogP contribution in [0.4, 0.5) is 19.1 Å². The number of rotatable bonds is 6. The van der Waals surface area contributed by atoms with Crippen LogP contribution in [0.3, 0.4) is 0 Å².